The lowest BCUT2D eigenvalue weighted by molar-refractivity contribution is 0.454. The Kier molecular flexibility index (Phi) is 2.59. The summed E-state index contributed by atoms with van der Waals surface area (Å²) in [7, 11) is 0. The molecule has 3 heteroatoms. The Labute approximate surface area is 85.3 Å². The lowest BCUT2D eigenvalue weighted by atomic mass is 10.1. The second-order valence-corrected chi connectivity index (χ2v) is 4.32. The molecule has 14 heavy (non-hydrogen) atoms. The van der Waals surface area contributed by atoms with E-state index in [-0.39, 0.29) is 6.04 Å². The van der Waals surface area contributed by atoms with E-state index in [9.17, 15) is 0 Å². The van der Waals surface area contributed by atoms with Gasteiger partial charge in [0, 0.05) is 18.3 Å². The fourth-order valence-electron chi connectivity index (χ4n) is 1.96. The number of hydrogen-bond donors (Lipinski definition) is 1. The van der Waals surface area contributed by atoms with Crippen LogP contribution in [0.1, 0.15) is 50.9 Å². The first-order valence-electron chi connectivity index (χ1n) is 5.51. The molecular formula is C11H19N3. The molecule has 0 amide bonds. The first kappa shape index (κ1) is 9.71. The predicted molar refractivity (Wildman–Crippen MR) is 56.9 cm³/mol. The summed E-state index contributed by atoms with van der Waals surface area (Å²) in [5.41, 5.74) is 7.22. The van der Waals surface area contributed by atoms with Crippen molar-refractivity contribution in [2.75, 3.05) is 0 Å². The van der Waals surface area contributed by atoms with E-state index in [0.717, 1.165) is 12.3 Å². The van der Waals surface area contributed by atoms with Crippen molar-refractivity contribution in [2.45, 2.75) is 45.2 Å². The van der Waals surface area contributed by atoms with Gasteiger partial charge in [0.2, 0.25) is 0 Å². The van der Waals surface area contributed by atoms with Gasteiger partial charge in [-0.05, 0) is 32.1 Å². The van der Waals surface area contributed by atoms with Crippen LogP contribution < -0.4 is 5.73 Å². The van der Waals surface area contributed by atoms with Crippen molar-refractivity contribution in [1.29, 1.82) is 0 Å². The number of rotatable bonds is 4. The van der Waals surface area contributed by atoms with Crippen molar-refractivity contribution in [3.63, 3.8) is 0 Å². The van der Waals surface area contributed by atoms with Crippen molar-refractivity contribution >= 4 is 0 Å². The highest BCUT2D eigenvalue weighted by molar-refractivity contribution is 5.06. The van der Waals surface area contributed by atoms with Gasteiger partial charge in [0.25, 0.3) is 0 Å². The van der Waals surface area contributed by atoms with Gasteiger partial charge in [-0.25, -0.2) is 4.98 Å². The van der Waals surface area contributed by atoms with Crippen LogP contribution in [0.3, 0.4) is 0 Å². The molecule has 1 aliphatic carbocycles. The fraction of sp³-hybridized carbons (Fsp3) is 0.727. The van der Waals surface area contributed by atoms with Crippen molar-refractivity contribution in [3.05, 3.63) is 18.2 Å². The quantitative estimate of drug-likeness (QED) is 0.797. The first-order valence-corrected chi connectivity index (χ1v) is 5.51. The molecule has 0 bridgehead atoms. The topological polar surface area (TPSA) is 43.8 Å². The predicted octanol–water partition coefficient (Wildman–Crippen LogP) is 2.26. The third-order valence-corrected chi connectivity index (χ3v) is 3.26. The Balaban J connectivity index is 2.19. The molecule has 1 aliphatic rings. The molecule has 3 nitrogen and oxygen atoms in total. The molecule has 2 atom stereocenters. The van der Waals surface area contributed by atoms with Crippen LogP contribution in [0, 0.1) is 5.92 Å². The second-order valence-electron chi connectivity index (χ2n) is 4.32. The van der Waals surface area contributed by atoms with Gasteiger partial charge in [-0.3, -0.25) is 0 Å². The van der Waals surface area contributed by atoms with Gasteiger partial charge < -0.3 is 10.3 Å². The molecule has 0 radical (unpaired) electrons. The van der Waals surface area contributed by atoms with Gasteiger partial charge in [-0.15, -0.1) is 0 Å². The van der Waals surface area contributed by atoms with Crippen LogP contribution in [0.25, 0.3) is 0 Å². The lowest BCUT2D eigenvalue weighted by Gasteiger charge is -2.18. The Morgan fingerprint density at radius 3 is 2.93 bits per heavy atom. The van der Waals surface area contributed by atoms with Crippen molar-refractivity contribution < 1.29 is 0 Å². The van der Waals surface area contributed by atoms with Crippen LogP contribution in [-0.2, 0) is 0 Å². The van der Waals surface area contributed by atoms with Crippen LogP contribution in [0.4, 0.5) is 0 Å². The monoisotopic (exact) mass is 193 g/mol. The number of aromatic nitrogens is 2. The van der Waals surface area contributed by atoms with E-state index < -0.39 is 0 Å². The molecule has 78 valence electrons. The van der Waals surface area contributed by atoms with Gasteiger partial charge in [0.15, 0.2) is 0 Å². The molecule has 1 aromatic rings. The Morgan fingerprint density at radius 1 is 1.64 bits per heavy atom. The largest absolute Gasteiger partial charge is 0.330 e. The number of nitrogens with zero attached hydrogens (tertiary/aromatic N) is 2. The minimum Gasteiger partial charge on any atom is -0.330 e. The lowest BCUT2D eigenvalue weighted by Crippen LogP contribution is -2.17. The van der Waals surface area contributed by atoms with Crippen LogP contribution in [0.15, 0.2) is 12.5 Å². The standard InChI is InChI=1S/C11H19N3/c1-3-10(12)11-6-13-7-14(11)8(2)9-4-5-9/h6-10H,3-5,12H2,1-2H3/t8?,10-/m1/s1. The zero-order valence-electron chi connectivity index (χ0n) is 8.98. The van der Waals surface area contributed by atoms with Gasteiger partial charge in [0.05, 0.1) is 12.0 Å². The minimum atomic E-state index is 0.138. The third kappa shape index (κ3) is 1.69. The minimum absolute atomic E-state index is 0.138. The molecule has 1 unspecified atom stereocenters. The van der Waals surface area contributed by atoms with Gasteiger partial charge in [-0.1, -0.05) is 6.92 Å². The van der Waals surface area contributed by atoms with Crippen LogP contribution in [0.5, 0.6) is 0 Å². The van der Waals surface area contributed by atoms with Gasteiger partial charge in [0.1, 0.15) is 0 Å². The highest BCUT2D eigenvalue weighted by Crippen LogP contribution is 2.40. The van der Waals surface area contributed by atoms with Gasteiger partial charge in [-0.2, -0.15) is 0 Å². The molecule has 2 rings (SSSR count). The SMILES string of the molecule is CC[C@@H](N)c1cncn1C(C)C1CC1. The van der Waals surface area contributed by atoms with Crippen LogP contribution in [-0.4, -0.2) is 9.55 Å². The summed E-state index contributed by atoms with van der Waals surface area (Å²) in [5.74, 6) is 0.854. The van der Waals surface area contributed by atoms with Crippen molar-refractivity contribution in [1.82, 2.24) is 9.55 Å². The van der Waals surface area contributed by atoms with Crippen molar-refractivity contribution in [2.24, 2.45) is 11.7 Å². The second kappa shape index (κ2) is 3.73. The van der Waals surface area contributed by atoms with E-state index in [1.165, 1.54) is 18.5 Å². The molecule has 1 saturated carbocycles. The first-order chi connectivity index (χ1) is 6.74. The third-order valence-electron chi connectivity index (χ3n) is 3.26. The molecule has 0 spiro atoms. The smallest absolute Gasteiger partial charge is 0.0951 e. The Morgan fingerprint density at radius 2 is 2.36 bits per heavy atom. The summed E-state index contributed by atoms with van der Waals surface area (Å²) in [6.07, 6.45) is 7.53. The van der Waals surface area contributed by atoms with E-state index in [0.29, 0.717) is 6.04 Å². The average Bonchev–Trinajstić information content (AvgIpc) is 2.93. The van der Waals surface area contributed by atoms with E-state index in [2.05, 4.69) is 23.4 Å². The summed E-state index contributed by atoms with van der Waals surface area (Å²) < 4.78 is 2.26. The van der Waals surface area contributed by atoms with E-state index in [1.54, 1.807) is 0 Å². The summed E-state index contributed by atoms with van der Waals surface area (Å²) in [4.78, 5) is 4.21. The van der Waals surface area contributed by atoms with E-state index in [1.807, 2.05) is 12.5 Å². The molecule has 1 fully saturated rings. The number of nitrogens with two attached hydrogens (primary N) is 1. The summed E-state index contributed by atoms with van der Waals surface area (Å²) >= 11 is 0. The van der Waals surface area contributed by atoms with E-state index >= 15 is 0 Å². The van der Waals surface area contributed by atoms with Crippen LogP contribution >= 0.6 is 0 Å². The maximum atomic E-state index is 6.04. The molecule has 2 N–H and O–H groups in total. The average molecular weight is 193 g/mol. The highest BCUT2D eigenvalue weighted by Gasteiger charge is 2.30. The normalized spacial score (nSPS) is 20.8. The van der Waals surface area contributed by atoms with Crippen molar-refractivity contribution in [3.8, 4) is 0 Å². The summed E-state index contributed by atoms with van der Waals surface area (Å²) in [6.45, 7) is 4.38. The van der Waals surface area contributed by atoms with Crippen LogP contribution in [0.2, 0.25) is 0 Å². The Bertz CT molecular complexity index is 301. The summed E-state index contributed by atoms with van der Waals surface area (Å²) in [6, 6.07) is 0.712. The molecular weight excluding hydrogens is 174 g/mol. The zero-order chi connectivity index (χ0) is 10.1. The Hall–Kier alpha value is -0.830. The molecule has 1 aromatic heterocycles. The molecule has 1 heterocycles. The molecule has 0 aromatic carbocycles. The summed E-state index contributed by atoms with van der Waals surface area (Å²) in [5, 5.41) is 0. The maximum Gasteiger partial charge on any atom is 0.0951 e. The molecule has 0 saturated heterocycles. The zero-order valence-corrected chi connectivity index (χ0v) is 8.98. The van der Waals surface area contributed by atoms with Gasteiger partial charge >= 0.3 is 0 Å². The van der Waals surface area contributed by atoms with E-state index in [4.69, 9.17) is 5.73 Å². The number of hydrogen-bond acceptors (Lipinski definition) is 2. The number of imidazole rings is 1. The molecule has 0 aliphatic heterocycles. The highest BCUT2D eigenvalue weighted by atomic mass is 15.1. The fourth-order valence-corrected chi connectivity index (χ4v) is 1.96. The maximum absolute atomic E-state index is 6.04.